The number of hydrogen-bond acceptors (Lipinski definition) is 3. The zero-order valence-electron chi connectivity index (χ0n) is 14.5. The summed E-state index contributed by atoms with van der Waals surface area (Å²) in [5, 5.41) is 30.8. The lowest BCUT2D eigenvalue weighted by molar-refractivity contribution is -0.175. The summed E-state index contributed by atoms with van der Waals surface area (Å²) in [6, 6.07) is 2.55. The molecular formula is C20H31NO2. The first-order valence-corrected chi connectivity index (χ1v) is 9.66. The van der Waals surface area contributed by atoms with Crippen molar-refractivity contribution in [3.05, 3.63) is 0 Å². The minimum Gasteiger partial charge on any atom is -0.393 e. The molecule has 0 aromatic heterocycles. The topological polar surface area (TPSA) is 64.2 Å². The van der Waals surface area contributed by atoms with Crippen LogP contribution in [0.1, 0.15) is 65.2 Å². The Bertz CT molecular complexity index is 528. The van der Waals surface area contributed by atoms with Gasteiger partial charge < -0.3 is 10.2 Å². The van der Waals surface area contributed by atoms with Crippen LogP contribution < -0.4 is 0 Å². The quantitative estimate of drug-likeness (QED) is 0.718. The molecule has 0 unspecified atom stereocenters. The molecule has 2 N–H and O–H groups in total. The lowest BCUT2D eigenvalue weighted by Gasteiger charge is -2.62. The minimum absolute atomic E-state index is 0.0205. The summed E-state index contributed by atoms with van der Waals surface area (Å²) in [4.78, 5) is 0. The highest BCUT2D eigenvalue weighted by molar-refractivity contribution is 5.14. The molecule has 0 aromatic rings. The Balaban J connectivity index is 1.68. The smallest absolute Gasteiger partial charge is 0.0661 e. The standard InChI is InChI=1S/C20H31NO2/c1-19-8-7-14(22)9-12(19)3-5-15-16-6-4-13(11-21)20(16,2)10-17(23)18(15)19/h12-18,22-23H,3-10H2,1-2H3/t12-,13+,14+,15-,16-,17+,18+,19-,20+/m0/s1. The van der Waals surface area contributed by atoms with E-state index >= 15 is 0 Å². The molecule has 128 valence electrons. The maximum Gasteiger partial charge on any atom is 0.0661 e. The molecular weight excluding hydrogens is 286 g/mol. The third-order valence-corrected chi connectivity index (χ3v) is 8.72. The van der Waals surface area contributed by atoms with Gasteiger partial charge in [0.2, 0.25) is 0 Å². The van der Waals surface area contributed by atoms with Gasteiger partial charge in [0.15, 0.2) is 0 Å². The molecule has 0 heterocycles. The van der Waals surface area contributed by atoms with Gasteiger partial charge in [-0.1, -0.05) is 13.8 Å². The monoisotopic (exact) mass is 317 g/mol. The molecule has 4 aliphatic carbocycles. The summed E-state index contributed by atoms with van der Waals surface area (Å²) in [6.07, 6.45) is 7.87. The summed E-state index contributed by atoms with van der Waals surface area (Å²) in [5.74, 6) is 2.27. The Hall–Kier alpha value is -0.590. The third kappa shape index (κ3) is 2.07. The Morgan fingerprint density at radius 3 is 2.52 bits per heavy atom. The molecule has 0 amide bonds. The SMILES string of the molecule is C[C@]12CC[C@@H](O)C[C@@H]1CC[C@@H]1[C@@H]2[C@H](O)C[C@]2(C)[C@@H](C#N)CC[C@@H]12. The largest absolute Gasteiger partial charge is 0.393 e. The molecule has 0 radical (unpaired) electrons. The van der Waals surface area contributed by atoms with Crippen molar-refractivity contribution in [1.29, 1.82) is 5.26 Å². The predicted octanol–water partition coefficient (Wildman–Crippen LogP) is 3.50. The van der Waals surface area contributed by atoms with Gasteiger partial charge in [0.1, 0.15) is 0 Å². The third-order valence-electron chi connectivity index (χ3n) is 8.72. The number of aliphatic hydroxyl groups is 2. The first-order chi connectivity index (χ1) is 10.9. The van der Waals surface area contributed by atoms with Crippen LogP contribution in [0, 0.1) is 51.8 Å². The average molecular weight is 317 g/mol. The Morgan fingerprint density at radius 2 is 1.78 bits per heavy atom. The Kier molecular flexibility index (Phi) is 3.60. The van der Waals surface area contributed by atoms with Gasteiger partial charge in [-0.15, -0.1) is 0 Å². The van der Waals surface area contributed by atoms with E-state index < -0.39 is 0 Å². The molecule has 4 saturated carbocycles. The number of aliphatic hydroxyl groups excluding tert-OH is 2. The second-order valence-electron chi connectivity index (χ2n) is 9.54. The highest BCUT2D eigenvalue weighted by atomic mass is 16.3. The van der Waals surface area contributed by atoms with E-state index in [1.165, 1.54) is 19.3 Å². The van der Waals surface area contributed by atoms with E-state index in [4.69, 9.17) is 0 Å². The molecule has 0 spiro atoms. The summed E-state index contributed by atoms with van der Waals surface area (Å²) in [7, 11) is 0. The maximum absolute atomic E-state index is 11.1. The van der Waals surface area contributed by atoms with Crippen LogP contribution in [0.4, 0.5) is 0 Å². The first-order valence-electron chi connectivity index (χ1n) is 9.66. The van der Waals surface area contributed by atoms with Crippen molar-refractivity contribution in [2.45, 2.75) is 77.4 Å². The lowest BCUT2D eigenvalue weighted by atomic mass is 9.44. The summed E-state index contributed by atoms with van der Waals surface area (Å²) in [5.41, 5.74) is 0.209. The molecule has 4 aliphatic rings. The van der Waals surface area contributed by atoms with Crippen LogP contribution in [0.3, 0.4) is 0 Å². The van der Waals surface area contributed by atoms with Crippen LogP contribution in [0.25, 0.3) is 0 Å². The van der Waals surface area contributed by atoms with Gasteiger partial charge in [0, 0.05) is 0 Å². The number of hydrogen-bond donors (Lipinski definition) is 2. The normalized spacial score (nSPS) is 58.7. The summed E-state index contributed by atoms with van der Waals surface area (Å²) < 4.78 is 0. The first kappa shape index (κ1) is 15.9. The average Bonchev–Trinajstić information content (AvgIpc) is 2.83. The van der Waals surface area contributed by atoms with E-state index in [9.17, 15) is 15.5 Å². The number of fused-ring (bicyclic) bond motifs is 5. The van der Waals surface area contributed by atoms with Crippen LogP contribution in [0.2, 0.25) is 0 Å². The summed E-state index contributed by atoms with van der Waals surface area (Å²) in [6.45, 7) is 4.67. The second-order valence-corrected chi connectivity index (χ2v) is 9.54. The van der Waals surface area contributed by atoms with E-state index in [1.807, 2.05) is 0 Å². The fourth-order valence-corrected chi connectivity index (χ4v) is 7.57. The van der Waals surface area contributed by atoms with Gasteiger partial charge in [-0.2, -0.15) is 5.26 Å². The highest BCUT2D eigenvalue weighted by Gasteiger charge is 2.63. The van der Waals surface area contributed by atoms with Gasteiger partial charge in [-0.05, 0) is 85.9 Å². The molecule has 0 saturated heterocycles. The second kappa shape index (κ2) is 5.20. The van der Waals surface area contributed by atoms with E-state index in [0.717, 1.165) is 32.1 Å². The van der Waals surface area contributed by atoms with Gasteiger partial charge in [0.05, 0.1) is 24.2 Å². The van der Waals surface area contributed by atoms with Gasteiger partial charge >= 0.3 is 0 Å². The van der Waals surface area contributed by atoms with Crippen molar-refractivity contribution >= 4 is 0 Å². The molecule has 23 heavy (non-hydrogen) atoms. The fourth-order valence-electron chi connectivity index (χ4n) is 7.57. The Labute approximate surface area is 140 Å². The molecule has 4 rings (SSSR count). The summed E-state index contributed by atoms with van der Waals surface area (Å²) >= 11 is 0. The zero-order chi connectivity index (χ0) is 16.4. The van der Waals surface area contributed by atoms with Gasteiger partial charge in [-0.3, -0.25) is 0 Å². The van der Waals surface area contributed by atoms with E-state index in [-0.39, 0.29) is 29.0 Å². The van der Waals surface area contributed by atoms with Gasteiger partial charge in [-0.25, -0.2) is 0 Å². The van der Waals surface area contributed by atoms with Crippen molar-refractivity contribution in [2.75, 3.05) is 0 Å². The van der Waals surface area contributed by atoms with Crippen LogP contribution in [-0.2, 0) is 0 Å². The van der Waals surface area contributed by atoms with E-state index in [0.29, 0.717) is 23.7 Å². The molecule has 0 aromatic carbocycles. The van der Waals surface area contributed by atoms with E-state index in [1.54, 1.807) is 0 Å². The predicted molar refractivity (Wildman–Crippen MR) is 88.2 cm³/mol. The zero-order valence-corrected chi connectivity index (χ0v) is 14.5. The van der Waals surface area contributed by atoms with Crippen LogP contribution >= 0.6 is 0 Å². The van der Waals surface area contributed by atoms with Gasteiger partial charge in [0.25, 0.3) is 0 Å². The minimum atomic E-state index is -0.266. The molecule has 9 atom stereocenters. The number of nitriles is 1. The van der Waals surface area contributed by atoms with Crippen LogP contribution in [0.15, 0.2) is 0 Å². The Morgan fingerprint density at radius 1 is 1.00 bits per heavy atom. The lowest BCUT2D eigenvalue weighted by Crippen LogP contribution is -2.59. The van der Waals surface area contributed by atoms with Crippen LogP contribution in [0.5, 0.6) is 0 Å². The maximum atomic E-state index is 11.1. The number of rotatable bonds is 0. The van der Waals surface area contributed by atoms with Crippen molar-refractivity contribution in [3.8, 4) is 6.07 Å². The fraction of sp³-hybridized carbons (Fsp3) is 0.950. The molecule has 4 fully saturated rings. The van der Waals surface area contributed by atoms with Crippen molar-refractivity contribution < 1.29 is 10.2 Å². The van der Waals surface area contributed by atoms with E-state index in [2.05, 4.69) is 19.9 Å². The van der Waals surface area contributed by atoms with Crippen molar-refractivity contribution in [3.63, 3.8) is 0 Å². The van der Waals surface area contributed by atoms with Crippen molar-refractivity contribution in [1.82, 2.24) is 0 Å². The highest BCUT2D eigenvalue weighted by Crippen LogP contribution is 2.67. The van der Waals surface area contributed by atoms with Crippen LogP contribution in [-0.4, -0.2) is 22.4 Å². The molecule has 0 bridgehead atoms. The van der Waals surface area contributed by atoms with Crippen molar-refractivity contribution in [2.24, 2.45) is 40.4 Å². The molecule has 3 nitrogen and oxygen atoms in total. The number of nitrogens with zero attached hydrogens (tertiary/aromatic N) is 1. The molecule has 0 aliphatic heterocycles. The molecule has 3 heteroatoms.